The first-order valence-corrected chi connectivity index (χ1v) is 8.92. The maximum Gasteiger partial charge on any atom is 0.296 e. The van der Waals surface area contributed by atoms with Gasteiger partial charge in [-0.3, -0.25) is 9.59 Å². The average molecular weight is 358 g/mol. The molecule has 5 heteroatoms. The van der Waals surface area contributed by atoms with Crippen LogP contribution in [0.4, 0.5) is 0 Å². The Morgan fingerprint density at radius 2 is 1.62 bits per heavy atom. The van der Waals surface area contributed by atoms with Gasteiger partial charge < -0.3 is 0 Å². The minimum atomic E-state index is -0.491. The van der Waals surface area contributed by atoms with E-state index in [-0.39, 0.29) is 11.5 Å². The van der Waals surface area contributed by atoms with Gasteiger partial charge >= 0.3 is 0 Å². The second kappa shape index (κ2) is 6.61. The fraction of sp³-hybridized carbons (Fsp3) is 0.0476. The average Bonchev–Trinajstić information content (AvgIpc) is 3.05. The predicted molar refractivity (Wildman–Crippen MR) is 101 cm³/mol. The Morgan fingerprint density at radius 3 is 2.35 bits per heavy atom. The second-order valence-electron chi connectivity index (χ2n) is 5.90. The van der Waals surface area contributed by atoms with Gasteiger partial charge in [0, 0.05) is 11.0 Å². The van der Waals surface area contributed by atoms with Crippen molar-refractivity contribution in [3.05, 3.63) is 93.6 Å². The summed E-state index contributed by atoms with van der Waals surface area (Å²) < 4.78 is 0. The summed E-state index contributed by atoms with van der Waals surface area (Å²) in [6.07, 6.45) is 1.29. The van der Waals surface area contributed by atoms with Crippen LogP contribution in [0.2, 0.25) is 0 Å². The molecule has 2 aromatic carbocycles. The summed E-state index contributed by atoms with van der Waals surface area (Å²) in [5.74, 6) is -0.717. The first-order valence-electron chi connectivity index (χ1n) is 8.10. The van der Waals surface area contributed by atoms with Crippen molar-refractivity contribution in [2.45, 2.75) is 6.92 Å². The number of para-hydroxylation sites is 2. The number of hydrogen-bond acceptors (Lipinski definition) is 4. The van der Waals surface area contributed by atoms with Crippen LogP contribution in [-0.2, 0) is 4.79 Å². The second-order valence-corrected chi connectivity index (χ2v) is 6.95. The molecule has 4 rings (SSSR count). The van der Waals surface area contributed by atoms with E-state index in [0.717, 1.165) is 16.0 Å². The zero-order chi connectivity index (χ0) is 18.1. The molecule has 0 N–H and O–H groups in total. The lowest BCUT2D eigenvalue weighted by Gasteiger charge is -2.02. The molecule has 1 aliphatic heterocycles. The number of fused-ring (bicyclic) bond motifs is 1. The molecule has 3 aromatic rings. The van der Waals surface area contributed by atoms with Crippen molar-refractivity contribution in [2.75, 3.05) is 0 Å². The minimum absolute atomic E-state index is 0.0720. The van der Waals surface area contributed by atoms with E-state index < -0.39 is 5.91 Å². The number of carbonyl (C=O) groups excluding carboxylic acids is 2. The summed E-state index contributed by atoms with van der Waals surface area (Å²) in [4.78, 5) is 34.8. The summed E-state index contributed by atoms with van der Waals surface area (Å²) in [7, 11) is 0. The summed E-state index contributed by atoms with van der Waals surface area (Å²) >= 11 is 1.42. The highest BCUT2D eigenvalue weighted by Crippen LogP contribution is 2.31. The van der Waals surface area contributed by atoms with E-state index in [4.69, 9.17) is 0 Å². The van der Waals surface area contributed by atoms with Crippen molar-refractivity contribution in [1.29, 1.82) is 0 Å². The van der Waals surface area contributed by atoms with Crippen LogP contribution in [0.25, 0.3) is 10.4 Å². The van der Waals surface area contributed by atoms with Crippen LogP contribution in [0.1, 0.15) is 15.2 Å². The molecule has 0 spiro atoms. The number of thiophene rings is 1. The van der Waals surface area contributed by atoms with Gasteiger partial charge in [0.25, 0.3) is 5.91 Å². The number of aryl methyl sites for hydroxylation is 1. The molecule has 26 heavy (non-hydrogen) atoms. The van der Waals surface area contributed by atoms with E-state index in [1.54, 1.807) is 18.2 Å². The van der Waals surface area contributed by atoms with Crippen molar-refractivity contribution in [2.24, 2.45) is 9.98 Å². The molecule has 1 aromatic heterocycles. The normalized spacial score (nSPS) is 14.5. The van der Waals surface area contributed by atoms with Crippen molar-refractivity contribution < 1.29 is 9.59 Å². The molecule has 2 heterocycles. The van der Waals surface area contributed by atoms with Crippen LogP contribution in [0, 0.1) is 6.92 Å². The molecule has 0 aliphatic carbocycles. The van der Waals surface area contributed by atoms with Gasteiger partial charge in [0.15, 0.2) is 5.78 Å². The van der Waals surface area contributed by atoms with Crippen LogP contribution in [-0.4, -0.2) is 11.7 Å². The van der Waals surface area contributed by atoms with Crippen molar-refractivity contribution >= 4 is 23.0 Å². The lowest BCUT2D eigenvalue weighted by Crippen LogP contribution is -2.30. The Bertz CT molecular complexity index is 1170. The Kier molecular flexibility index (Phi) is 4.14. The molecular weight excluding hydrogens is 344 g/mol. The number of allylic oxidation sites excluding steroid dienone is 1. The zero-order valence-corrected chi connectivity index (χ0v) is 14.8. The summed E-state index contributed by atoms with van der Waals surface area (Å²) in [5, 5.41) is 1.12. The lowest BCUT2D eigenvalue weighted by atomic mass is 10.1. The zero-order valence-electron chi connectivity index (χ0n) is 14.0. The smallest absolute Gasteiger partial charge is 0.288 e. The molecule has 126 valence electrons. The summed E-state index contributed by atoms with van der Waals surface area (Å²) in [5.41, 5.74) is 2.02. The number of hydrogen-bond donors (Lipinski definition) is 0. The van der Waals surface area contributed by atoms with Crippen molar-refractivity contribution in [3.63, 3.8) is 0 Å². The number of carbonyl (C=O) groups is 2. The minimum Gasteiger partial charge on any atom is -0.288 e. The van der Waals surface area contributed by atoms with Gasteiger partial charge in [-0.25, -0.2) is 9.98 Å². The number of ketones is 1. The van der Waals surface area contributed by atoms with Gasteiger partial charge in [-0.15, -0.1) is 11.3 Å². The molecule has 0 fully saturated rings. The lowest BCUT2D eigenvalue weighted by molar-refractivity contribution is -0.114. The SMILES string of the molecule is Cc1cc(-c2ccccc2)sc1C(=O)/C=C1/N=c2ccccc2=NC1=O. The molecule has 1 amide bonds. The Morgan fingerprint density at radius 1 is 0.962 bits per heavy atom. The monoisotopic (exact) mass is 358 g/mol. The Labute approximate surface area is 153 Å². The summed E-state index contributed by atoms with van der Waals surface area (Å²) in [6.45, 7) is 1.90. The van der Waals surface area contributed by atoms with Crippen LogP contribution in [0.5, 0.6) is 0 Å². The molecule has 0 unspecified atom stereocenters. The van der Waals surface area contributed by atoms with E-state index in [1.165, 1.54) is 17.4 Å². The molecule has 0 bridgehead atoms. The van der Waals surface area contributed by atoms with E-state index in [2.05, 4.69) is 9.98 Å². The third-order valence-electron chi connectivity index (χ3n) is 4.03. The van der Waals surface area contributed by atoms with Crippen LogP contribution in [0.15, 0.2) is 82.4 Å². The molecule has 0 saturated heterocycles. The quantitative estimate of drug-likeness (QED) is 0.533. The van der Waals surface area contributed by atoms with Gasteiger partial charge in [-0.2, -0.15) is 0 Å². The maximum absolute atomic E-state index is 12.7. The number of amides is 1. The van der Waals surface area contributed by atoms with E-state index in [9.17, 15) is 9.59 Å². The maximum atomic E-state index is 12.7. The van der Waals surface area contributed by atoms with Crippen molar-refractivity contribution in [3.8, 4) is 10.4 Å². The van der Waals surface area contributed by atoms with Crippen molar-refractivity contribution in [1.82, 2.24) is 0 Å². The summed E-state index contributed by atoms with van der Waals surface area (Å²) in [6, 6.07) is 19.0. The highest BCUT2D eigenvalue weighted by molar-refractivity contribution is 7.17. The third kappa shape index (κ3) is 3.05. The molecule has 0 atom stereocenters. The topological polar surface area (TPSA) is 58.9 Å². The van der Waals surface area contributed by atoms with Crippen LogP contribution >= 0.6 is 11.3 Å². The molecule has 4 nitrogen and oxygen atoms in total. The Balaban J connectivity index is 1.71. The molecule has 0 saturated carbocycles. The van der Waals surface area contributed by atoms with E-state index in [1.807, 2.05) is 49.4 Å². The van der Waals surface area contributed by atoms with Gasteiger partial charge in [0.05, 0.1) is 15.6 Å². The highest BCUT2D eigenvalue weighted by Gasteiger charge is 2.17. The van der Waals surface area contributed by atoms with Gasteiger partial charge in [0.1, 0.15) is 5.70 Å². The molecule has 0 radical (unpaired) electrons. The van der Waals surface area contributed by atoms with Gasteiger partial charge in [-0.05, 0) is 36.2 Å². The van der Waals surface area contributed by atoms with Gasteiger partial charge in [-0.1, -0.05) is 42.5 Å². The predicted octanol–water partition coefficient (Wildman–Crippen LogP) is 3.27. The van der Waals surface area contributed by atoms with Crippen LogP contribution < -0.4 is 10.7 Å². The largest absolute Gasteiger partial charge is 0.296 e. The fourth-order valence-electron chi connectivity index (χ4n) is 2.75. The first kappa shape index (κ1) is 16.3. The number of nitrogens with zero attached hydrogens (tertiary/aromatic N) is 2. The van der Waals surface area contributed by atoms with Gasteiger partial charge in [0.2, 0.25) is 0 Å². The molecule has 1 aliphatic rings. The fourth-order valence-corrected chi connectivity index (χ4v) is 3.84. The van der Waals surface area contributed by atoms with E-state index in [0.29, 0.717) is 15.6 Å². The Hall–Kier alpha value is -3.18. The number of benzene rings is 2. The highest BCUT2D eigenvalue weighted by atomic mass is 32.1. The van der Waals surface area contributed by atoms with Crippen LogP contribution in [0.3, 0.4) is 0 Å². The third-order valence-corrected chi connectivity index (χ3v) is 5.33. The number of rotatable bonds is 3. The van der Waals surface area contributed by atoms with E-state index >= 15 is 0 Å². The molecular formula is C21H14N2O2S. The first-order chi connectivity index (χ1) is 12.6. The standard InChI is InChI=1S/C21H14N2O2S/c1-13-11-19(14-7-3-2-4-8-14)26-20(13)18(24)12-17-21(25)23-16-10-6-5-9-15(16)22-17/h2-12H,1H3/b17-12+.